The van der Waals surface area contributed by atoms with Crippen LogP contribution in [0.1, 0.15) is 0 Å². The number of carboxylic acid groups (broad SMARTS) is 1. The average Bonchev–Trinajstić information content (AvgIpc) is 2.50. The maximum absolute atomic E-state index is 13.5. The van der Waals surface area contributed by atoms with Gasteiger partial charge in [-0.1, -0.05) is 0 Å². The lowest BCUT2D eigenvalue weighted by Crippen LogP contribution is -2.55. The van der Waals surface area contributed by atoms with E-state index in [4.69, 9.17) is 5.11 Å². The molecule has 0 saturated heterocycles. The molecule has 0 aliphatic carbocycles. The SMILES string of the molecule is O=C(O)CSc1ccc(S(=O)(=O)C(F)(F)C(F)(F)C(F)(F)F)cc1[N+](=O)[O-]. The average molecular weight is 445 g/mol. The Hall–Kier alpha value is -2.10. The van der Waals surface area contributed by atoms with Crippen LogP contribution in [0.5, 0.6) is 0 Å². The van der Waals surface area contributed by atoms with E-state index in [0.717, 1.165) is 0 Å². The van der Waals surface area contributed by atoms with Crippen molar-refractivity contribution in [1.82, 2.24) is 0 Å². The van der Waals surface area contributed by atoms with Crippen LogP contribution < -0.4 is 0 Å². The largest absolute Gasteiger partial charge is 0.481 e. The number of alkyl halides is 7. The van der Waals surface area contributed by atoms with Gasteiger partial charge in [-0.2, -0.15) is 30.7 Å². The smallest absolute Gasteiger partial charge is 0.461 e. The molecule has 0 aliphatic heterocycles. The number of nitrogens with zero attached hydrogens (tertiary/aromatic N) is 1. The van der Waals surface area contributed by atoms with Crippen molar-refractivity contribution in [3.8, 4) is 0 Å². The van der Waals surface area contributed by atoms with Crippen molar-refractivity contribution < 1.29 is 54.0 Å². The molecule has 16 heteroatoms. The molecule has 0 radical (unpaired) electrons. The Balaban J connectivity index is 3.54. The normalized spacial score (nSPS) is 13.4. The fraction of sp³-hybridized carbons (Fsp3) is 0.364. The fourth-order valence-corrected chi connectivity index (χ4v) is 3.54. The molecule has 0 atom stereocenters. The van der Waals surface area contributed by atoms with Gasteiger partial charge in [-0.3, -0.25) is 14.9 Å². The number of aliphatic carboxylic acids is 1. The molecule has 0 spiro atoms. The summed E-state index contributed by atoms with van der Waals surface area (Å²) in [4.78, 5) is 17.6. The molecule has 1 aromatic carbocycles. The third kappa shape index (κ3) is 4.10. The maximum Gasteiger partial charge on any atom is 0.461 e. The number of nitro benzene ring substituents is 1. The summed E-state index contributed by atoms with van der Waals surface area (Å²) in [6.45, 7) is 0. The fourth-order valence-electron chi connectivity index (χ4n) is 1.55. The first kappa shape index (κ1) is 22.9. The minimum Gasteiger partial charge on any atom is -0.481 e. The highest BCUT2D eigenvalue weighted by molar-refractivity contribution is 8.00. The Bertz CT molecular complexity index is 868. The molecule has 0 unspecified atom stereocenters. The Morgan fingerprint density at radius 1 is 1.15 bits per heavy atom. The van der Waals surface area contributed by atoms with E-state index in [1.807, 2.05) is 0 Å². The molecule has 7 nitrogen and oxygen atoms in total. The van der Waals surface area contributed by atoms with E-state index in [0.29, 0.717) is 6.07 Å². The quantitative estimate of drug-likeness (QED) is 0.296. The molecular weight excluding hydrogens is 439 g/mol. The van der Waals surface area contributed by atoms with E-state index in [1.165, 1.54) is 0 Å². The predicted molar refractivity (Wildman–Crippen MR) is 74.6 cm³/mol. The van der Waals surface area contributed by atoms with Crippen LogP contribution in [-0.2, 0) is 14.6 Å². The summed E-state index contributed by atoms with van der Waals surface area (Å²) in [5.41, 5.74) is -1.27. The Kier molecular flexibility index (Phi) is 6.07. The highest BCUT2D eigenvalue weighted by atomic mass is 32.2. The van der Waals surface area contributed by atoms with Crippen molar-refractivity contribution in [1.29, 1.82) is 0 Å². The van der Waals surface area contributed by atoms with Gasteiger partial charge < -0.3 is 5.11 Å². The summed E-state index contributed by atoms with van der Waals surface area (Å²) >= 11 is 0.268. The van der Waals surface area contributed by atoms with E-state index < -0.39 is 59.3 Å². The van der Waals surface area contributed by atoms with Gasteiger partial charge in [-0.25, -0.2) is 8.42 Å². The van der Waals surface area contributed by atoms with Crippen LogP contribution in [0, 0.1) is 10.1 Å². The first-order valence-electron chi connectivity index (χ1n) is 6.17. The van der Waals surface area contributed by atoms with Gasteiger partial charge in [-0.05, 0) is 12.1 Å². The summed E-state index contributed by atoms with van der Waals surface area (Å²) < 4.78 is 113. The molecule has 0 amide bonds. The molecule has 0 aliphatic rings. The minimum absolute atomic E-state index is 0.132. The van der Waals surface area contributed by atoms with Gasteiger partial charge in [0.05, 0.1) is 20.5 Å². The first-order chi connectivity index (χ1) is 12.0. The number of carboxylic acids is 1. The number of carbonyl (C=O) groups is 1. The summed E-state index contributed by atoms with van der Waals surface area (Å²) in [6, 6.07) is 0.424. The zero-order chi connectivity index (χ0) is 21.4. The number of benzene rings is 1. The minimum atomic E-state index is -6.98. The lowest BCUT2D eigenvalue weighted by Gasteiger charge is -2.27. The van der Waals surface area contributed by atoms with E-state index in [2.05, 4.69) is 0 Å². The van der Waals surface area contributed by atoms with Crippen molar-refractivity contribution in [2.24, 2.45) is 0 Å². The van der Waals surface area contributed by atoms with Gasteiger partial charge in [0.15, 0.2) is 0 Å². The maximum atomic E-state index is 13.5. The second-order valence-electron chi connectivity index (χ2n) is 4.66. The predicted octanol–water partition coefficient (Wildman–Crippen LogP) is 3.34. The molecule has 0 heterocycles. The van der Waals surface area contributed by atoms with E-state index in [9.17, 15) is 54.1 Å². The summed E-state index contributed by atoms with van der Waals surface area (Å²) in [5.74, 6) is -9.21. The summed E-state index contributed by atoms with van der Waals surface area (Å²) in [6.07, 6.45) is -6.92. The number of sulfone groups is 1. The van der Waals surface area contributed by atoms with Crippen LogP contribution in [0.3, 0.4) is 0 Å². The van der Waals surface area contributed by atoms with Crippen molar-refractivity contribution in [2.45, 2.75) is 27.1 Å². The number of nitro groups is 1. The molecule has 152 valence electrons. The van der Waals surface area contributed by atoms with Gasteiger partial charge in [0.25, 0.3) is 15.5 Å². The van der Waals surface area contributed by atoms with E-state index in [-0.39, 0.29) is 23.9 Å². The highest BCUT2D eigenvalue weighted by Gasteiger charge is 2.78. The highest BCUT2D eigenvalue weighted by Crippen LogP contribution is 2.51. The zero-order valence-corrected chi connectivity index (χ0v) is 14.0. The summed E-state index contributed by atoms with van der Waals surface area (Å²) in [7, 11) is -6.72. The topological polar surface area (TPSA) is 115 Å². The van der Waals surface area contributed by atoms with E-state index >= 15 is 0 Å². The van der Waals surface area contributed by atoms with Crippen LogP contribution in [-0.4, -0.2) is 47.5 Å². The van der Waals surface area contributed by atoms with Crippen molar-refractivity contribution in [2.75, 3.05) is 5.75 Å². The molecule has 0 aromatic heterocycles. The van der Waals surface area contributed by atoms with Gasteiger partial charge >= 0.3 is 23.3 Å². The number of hydrogen-bond donors (Lipinski definition) is 1. The second-order valence-corrected chi connectivity index (χ2v) is 7.67. The van der Waals surface area contributed by atoms with Crippen LogP contribution >= 0.6 is 11.8 Å². The van der Waals surface area contributed by atoms with Gasteiger partial charge in [0.1, 0.15) is 0 Å². The molecule has 1 rings (SSSR count). The van der Waals surface area contributed by atoms with Crippen LogP contribution in [0.2, 0.25) is 0 Å². The molecule has 0 fully saturated rings. The van der Waals surface area contributed by atoms with Gasteiger partial charge in [0, 0.05) is 6.07 Å². The van der Waals surface area contributed by atoms with Crippen LogP contribution in [0.4, 0.5) is 36.4 Å². The summed E-state index contributed by atoms with van der Waals surface area (Å²) in [5, 5.41) is 12.7. The first-order valence-corrected chi connectivity index (χ1v) is 8.63. The van der Waals surface area contributed by atoms with Crippen molar-refractivity contribution in [3.63, 3.8) is 0 Å². The molecule has 1 N–H and O–H groups in total. The Labute approximate surface area is 149 Å². The molecular formula is C11H6F7NO6S2. The lowest BCUT2D eigenvalue weighted by atomic mass is 10.3. The monoisotopic (exact) mass is 445 g/mol. The number of thioether (sulfide) groups is 1. The number of hydrogen-bond acceptors (Lipinski definition) is 6. The third-order valence-electron chi connectivity index (χ3n) is 2.85. The molecule has 0 saturated carbocycles. The number of halogens is 7. The Morgan fingerprint density at radius 3 is 2.07 bits per heavy atom. The molecule has 1 aromatic rings. The zero-order valence-electron chi connectivity index (χ0n) is 12.3. The van der Waals surface area contributed by atoms with Crippen LogP contribution in [0.15, 0.2) is 28.0 Å². The third-order valence-corrected chi connectivity index (χ3v) is 5.70. The Morgan fingerprint density at radius 2 is 1.67 bits per heavy atom. The number of rotatable bonds is 7. The van der Waals surface area contributed by atoms with Gasteiger partial charge in [-0.15, -0.1) is 11.8 Å². The van der Waals surface area contributed by atoms with Crippen LogP contribution in [0.25, 0.3) is 0 Å². The van der Waals surface area contributed by atoms with Gasteiger partial charge in [0.2, 0.25) is 0 Å². The van der Waals surface area contributed by atoms with E-state index in [1.54, 1.807) is 0 Å². The second kappa shape index (κ2) is 7.14. The standard InChI is InChI=1S/C11H6F7NO6S2/c12-9(13,10(14,15)16)11(17,18)27(24,25)5-1-2-7(26-4-8(20)21)6(3-5)19(22)23/h1-3H,4H2,(H,20,21). The molecule has 27 heavy (non-hydrogen) atoms. The van der Waals surface area contributed by atoms with Crippen molar-refractivity contribution in [3.05, 3.63) is 28.3 Å². The lowest BCUT2D eigenvalue weighted by molar-refractivity contribution is -0.388. The molecule has 0 bridgehead atoms. The van der Waals surface area contributed by atoms with Crippen molar-refractivity contribution >= 4 is 33.3 Å².